The minimum absolute atomic E-state index is 0.243. The van der Waals surface area contributed by atoms with Crippen LogP contribution in [0.3, 0.4) is 0 Å². The van der Waals surface area contributed by atoms with Crippen LogP contribution in [0, 0.1) is 0 Å². The number of hydrogen-bond donors (Lipinski definition) is 7. The molecule has 0 radical (unpaired) electrons. The Morgan fingerprint density at radius 3 is 1.96 bits per heavy atom. The van der Waals surface area contributed by atoms with Crippen molar-refractivity contribution < 1.29 is 34.2 Å². The summed E-state index contributed by atoms with van der Waals surface area (Å²) >= 11 is 0. The van der Waals surface area contributed by atoms with Crippen molar-refractivity contribution in [2.75, 3.05) is 19.6 Å². The molecule has 9 N–H and O–H groups in total. The molecular formula is C15H27N5O7. The number of carbonyl (C=O) groups is 5. The minimum Gasteiger partial charge on any atom is -0.481 e. The molecule has 2 unspecified atom stereocenters. The van der Waals surface area contributed by atoms with E-state index >= 15 is 0 Å². The molecule has 0 saturated heterocycles. The quantitative estimate of drug-likeness (QED) is 0.152. The third-order valence-corrected chi connectivity index (χ3v) is 3.48. The number of carbonyl (C=O) groups excluding carboxylic acids is 3. The van der Waals surface area contributed by atoms with E-state index in [1.54, 1.807) is 0 Å². The Balaban J connectivity index is 5.06. The van der Waals surface area contributed by atoms with Gasteiger partial charge in [0.15, 0.2) is 0 Å². The van der Waals surface area contributed by atoms with Crippen LogP contribution in [0.4, 0.5) is 0 Å². The molecule has 27 heavy (non-hydrogen) atoms. The Labute approximate surface area is 156 Å². The number of nitrogens with two attached hydrogens (primary N) is 2. The van der Waals surface area contributed by atoms with E-state index in [1.807, 2.05) is 0 Å². The molecule has 0 saturated carbocycles. The predicted octanol–water partition coefficient (Wildman–Crippen LogP) is -2.89. The molecule has 2 atom stereocenters. The van der Waals surface area contributed by atoms with Gasteiger partial charge < -0.3 is 37.6 Å². The van der Waals surface area contributed by atoms with E-state index < -0.39 is 54.7 Å². The zero-order valence-electron chi connectivity index (χ0n) is 14.9. The molecule has 154 valence electrons. The third kappa shape index (κ3) is 11.5. The highest BCUT2D eigenvalue weighted by Gasteiger charge is 2.27. The molecule has 0 aliphatic rings. The average Bonchev–Trinajstić information content (AvgIpc) is 2.61. The summed E-state index contributed by atoms with van der Waals surface area (Å²) in [5.74, 6) is -4.58. The summed E-state index contributed by atoms with van der Waals surface area (Å²) < 4.78 is 0. The van der Waals surface area contributed by atoms with Crippen molar-refractivity contribution in [1.82, 2.24) is 16.0 Å². The maximum Gasteiger partial charge on any atom is 0.322 e. The van der Waals surface area contributed by atoms with Crippen LogP contribution in [0.25, 0.3) is 0 Å². The van der Waals surface area contributed by atoms with Crippen LogP contribution in [-0.4, -0.2) is 71.6 Å². The number of amides is 3. The van der Waals surface area contributed by atoms with Crippen LogP contribution < -0.4 is 27.4 Å². The lowest BCUT2D eigenvalue weighted by Gasteiger charge is -2.22. The molecule has 3 amide bonds. The zero-order valence-corrected chi connectivity index (χ0v) is 14.9. The lowest BCUT2D eigenvalue weighted by atomic mass is 10.1. The molecule has 0 aromatic heterocycles. The number of rotatable bonds is 14. The van der Waals surface area contributed by atoms with E-state index in [9.17, 15) is 24.0 Å². The molecule has 0 rings (SSSR count). The van der Waals surface area contributed by atoms with Gasteiger partial charge in [-0.1, -0.05) is 0 Å². The van der Waals surface area contributed by atoms with Crippen molar-refractivity contribution in [3.8, 4) is 0 Å². The normalized spacial score (nSPS) is 12.5. The number of hydrogen-bond acceptors (Lipinski definition) is 7. The second kappa shape index (κ2) is 13.5. The van der Waals surface area contributed by atoms with Gasteiger partial charge in [0.25, 0.3) is 0 Å². The predicted molar refractivity (Wildman–Crippen MR) is 93.3 cm³/mol. The fourth-order valence-corrected chi connectivity index (χ4v) is 2.11. The van der Waals surface area contributed by atoms with Crippen LogP contribution in [-0.2, 0) is 24.0 Å². The van der Waals surface area contributed by atoms with Crippen molar-refractivity contribution in [1.29, 1.82) is 0 Å². The van der Waals surface area contributed by atoms with E-state index in [2.05, 4.69) is 16.0 Å². The highest BCUT2D eigenvalue weighted by molar-refractivity contribution is 5.93. The lowest BCUT2D eigenvalue weighted by Crippen LogP contribution is -2.54. The van der Waals surface area contributed by atoms with Crippen LogP contribution in [0.15, 0.2) is 0 Å². The van der Waals surface area contributed by atoms with Crippen molar-refractivity contribution in [2.24, 2.45) is 11.5 Å². The largest absolute Gasteiger partial charge is 0.481 e. The summed E-state index contributed by atoms with van der Waals surface area (Å²) in [4.78, 5) is 57.3. The van der Waals surface area contributed by atoms with Gasteiger partial charge in [-0.25, -0.2) is 0 Å². The fraction of sp³-hybridized carbons (Fsp3) is 0.667. The van der Waals surface area contributed by atoms with Crippen molar-refractivity contribution >= 4 is 29.7 Å². The van der Waals surface area contributed by atoms with Crippen molar-refractivity contribution in [2.45, 2.75) is 44.2 Å². The van der Waals surface area contributed by atoms with Crippen LogP contribution >= 0.6 is 0 Å². The van der Waals surface area contributed by atoms with Gasteiger partial charge in [0.2, 0.25) is 17.7 Å². The van der Waals surface area contributed by atoms with E-state index in [4.69, 9.17) is 21.7 Å². The Morgan fingerprint density at radius 1 is 0.815 bits per heavy atom. The third-order valence-electron chi connectivity index (χ3n) is 3.48. The Kier molecular flexibility index (Phi) is 12.1. The molecular weight excluding hydrogens is 362 g/mol. The van der Waals surface area contributed by atoms with Gasteiger partial charge in [-0.3, -0.25) is 24.0 Å². The van der Waals surface area contributed by atoms with Gasteiger partial charge in [-0.2, -0.15) is 0 Å². The van der Waals surface area contributed by atoms with E-state index in [1.165, 1.54) is 0 Å². The van der Waals surface area contributed by atoms with Crippen LogP contribution in [0.5, 0.6) is 0 Å². The number of carboxylic acids is 2. The fourth-order valence-electron chi connectivity index (χ4n) is 2.11. The maximum atomic E-state index is 12.4. The first-order valence-electron chi connectivity index (χ1n) is 8.42. The highest BCUT2D eigenvalue weighted by Crippen LogP contribution is 2.04. The summed E-state index contributed by atoms with van der Waals surface area (Å²) in [5, 5.41) is 24.3. The van der Waals surface area contributed by atoms with Gasteiger partial charge in [0.05, 0.1) is 6.54 Å². The standard InChI is InChI=1S/C15H27N5O7/c16-6-2-1-3-9(19-11(21)7-17)15(27)20-10(4-5-12(22)23)14(26)18-8-13(24)25/h9-10H,1-8,16-17H2,(H,18,26)(H,19,21)(H,20,27)(H,22,23)(H,24,25). The Bertz CT molecular complexity index is 541. The molecule has 0 aliphatic carbocycles. The van der Waals surface area contributed by atoms with Gasteiger partial charge in [-0.05, 0) is 32.2 Å². The van der Waals surface area contributed by atoms with E-state index in [0.717, 1.165) is 0 Å². The van der Waals surface area contributed by atoms with Crippen molar-refractivity contribution in [3.05, 3.63) is 0 Å². The number of carboxylic acid groups (broad SMARTS) is 2. The van der Waals surface area contributed by atoms with Crippen LogP contribution in [0.2, 0.25) is 0 Å². The first kappa shape index (κ1) is 24.3. The maximum absolute atomic E-state index is 12.4. The monoisotopic (exact) mass is 389 g/mol. The molecule has 0 aromatic carbocycles. The second-order valence-electron chi connectivity index (χ2n) is 5.71. The van der Waals surface area contributed by atoms with Gasteiger partial charge in [-0.15, -0.1) is 0 Å². The molecule has 0 spiro atoms. The number of unbranched alkanes of at least 4 members (excludes halogenated alkanes) is 1. The molecule has 12 heteroatoms. The molecule has 12 nitrogen and oxygen atoms in total. The topological polar surface area (TPSA) is 214 Å². The summed E-state index contributed by atoms with van der Waals surface area (Å²) in [6, 6.07) is -2.24. The van der Waals surface area contributed by atoms with Gasteiger partial charge in [0.1, 0.15) is 18.6 Å². The first-order valence-corrected chi connectivity index (χ1v) is 8.42. The van der Waals surface area contributed by atoms with E-state index in [0.29, 0.717) is 19.4 Å². The summed E-state index contributed by atoms with van der Waals surface area (Å²) in [7, 11) is 0. The van der Waals surface area contributed by atoms with Gasteiger partial charge >= 0.3 is 11.9 Å². The molecule has 0 fully saturated rings. The van der Waals surface area contributed by atoms with E-state index in [-0.39, 0.29) is 19.4 Å². The highest BCUT2D eigenvalue weighted by atomic mass is 16.4. The SMILES string of the molecule is NCCCCC(NC(=O)CN)C(=O)NC(CCC(=O)O)C(=O)NCC(=O)O. The second-order valence-corrected chi connectivity index (χ2v) is 5.71. The smallest absolute Gasteiger partial charge is 0.322 e. The lowest BCUT2D eigenvalue weighted by molar-refractivity contribution is -0.140. The Morgan fingerprint density at radius 2 is 1.44 bits per heavy atom. The Hall–Kier alpha value is -2.73. The average molecular weight is 389 g/mol. The molecule has 0 heterocycles. The zero-order chi connectivity index (χ0) is 20.8. The molecule has 0 bridgehead atoms. The number of aliphatic carboxylic acids is 2. The number of nitrogens with one attached hydrogen (secondary N) is 3. The minimum atomic E-state index is -1.29. The molecule has 0 aromatic rings. The van der Waals surface area contributed by atoms with Crippen molar-refractivity contribution in [3.63, 3.8) is 0 Å². The van der Waals surface area contributed by atoms with Crippen LogP contribution in [0.1, 0.15) is 32.1 Å². The summed E-state index contributed by atoms with van der Waals surface area (Å²) in [6.07, 6.45) is 0.733. The summed E-state index contributed by atoms with van der Waals surface area (Å²) in [6.45, 7) is -0.609. The summed E-state index contributed by atoms with van der Waals surface area (Å²) in [5.41, 5.74) is 10.6. The first-order chi connectivity index (χ1) is 12.7. The molecule has 0 aliphatic heterocycles. The van der Waals surface area contributed by atoms with Gasteiger partial charge in [0, 0.05) is 6.42 Å².